The van der Waals surface area contributed by atoms with Gasteiger partial charge in [-0.05, 0) is 23.3 Å². The molecule has 0 saturated heterocycles. The van der Waals surface area contributed by atoms with Crippen LogP contribution < -0.4 is 4.31 Å². The summed E-state index contributed by atoms with van der Waals surface area (Å²) in [6.45, 7) is 0.0684. The van der Waals surface area contributed by atoms with Crippen molar-refractivity contribution in [2.24, 2.45) is 0 Å². The van der Waals surface area contributed by atoms with Gasteiger partial charge in [0.15, 0.2) is 6.10 Å². The third kappa shape index (κ3) is 6.04. The second-order valence-electron chi connectivity index (χ2n) is 6.05. The minimum atomic E-state index is -3.90. The van der Waals surface area contributed by atoms with Gasteiger partial charge >= 0.3 is 5.97 Å². The number of ether oxygens (including phenoxy) is 1. The van der Waals surface area contributed by atoms with Gasteiger partial charge in [0.05, 0.1) is 31.9 Å². The van der Waals surface area contributed by atoms with Gasteiger partial charge in [-0.3, -0.25) is 8.49 Å². The first-order chi connectivity index (χ1) is 13.0. The van der Waals surface area contributed by atoms with E-state index in [-0.39, 0.29) is 12.1 Å². The first kappa shape index (κ1) is 21.9. The molecule has 0 aromatic heterocycles. The summed E-state index contributed by atoms with van der Waals surface area (Å²) < 4.78 is 57.8. The molecule has 0 spiro atoms. The maximum absolute atomic E-state index is 12.2. The number of anilines is 1. The lowest BCUT2D eigenvalue weighted by molar-refractivity contribution is -0.149. The number of sulfonamides is 1. The first-order valence-corrected chi connectivity index (χ1v) is 11.8. The molecule has 0 radical (unpaired) electrons. The summed E-state index contributed by atoms with van der Waals surface area (Å²) in [5.41, 5.74) is 1.43. The molecule has 0 bridgehead atoms. The van der Waals surface area contributed by atoms with Crippen LogP contribution in [0.2, 0.25) is 0 Å². The van der Waals surface area contributed by atoms with E-state index in [1.807, 2.05) is 0 Å². The SMILES string of the molecule is COC(=O)C(OS(C)(=O)=O)c1ccc(CN(c2ccccc2)S(C)(=O)=O)cc1. The first-order valence-electron chi connectivity index (χ1n) is 8.09. The zero-order valence-corrected chi connectivity index (χ0v) is 17.2. The molecule has 2 aromatic rings. The Bertz CT molecular complexity index is 1020. The number of nitrogens with zero attached hydrogens (tertiary/aromatic N) is 1. The van der Waals surface area contributed by atoms with Gasteiger partial charge in [-0.2, -0.15) is 8.42 Å². The third-order valence-corrected chi connectivity index (χ3v) is 5.42. The number of carbonyl (C=O) groups excluding carboxylic acids is 1. The fourth-order valence-electron chi connectivity index (χ4n) is 2.47. The van der Waals surface area contributed by atoms with Crippen LogP contribution in [0.5, 0.6) is 0 Å². The van der Waals surface area contributed by atoms with E-state index in [1.165, 1.54) is 16.4 Å². The van der Waals surface area contributed by atoms with Crippen molar-refractivity contribution < 1.29 is 30.6 Å². The van der Waals surface area contributed by atoms with E-state index in [1.54, 1.807) is 42.5 Å². The molecule has 0 N–H and O–H groups in total. The molecule has 8 nitrogen and oxygen atoms in total. The molecule has 0 aliphatic heterocycles. The number of hydrogen-bond acceptors (Lipinski definition) is 7. The summed E-state index contributed by atoms with van der Waals surface area (Å²) in [4.78, 5) is 11.9. The van der Waals surface area contributed by atoms with Crippen LogP contribution in [-0.4, -0.2) is 42.4 Å². The summed E-state index contributed by atoms with van der Waals surface area (Å²) in [5.74, 6) is -0.861. The molecular formula is C18H21NO7S2. The van der Waals surface area contributed by atoms with E-state index in [0.717, 1.165) is 19.6 Å². The van der Waals surface area contributed by atoms with Crippen molar-refractivity contribution in [2.75, 3.05) is 23.9 Å². The van der Waals surface area contributed by atoms with E-state index < -0.39 is 32.2 Å². The molecule has 0 aliphatic rings. The van der Waals surface area contributed by atoms with E-state index in [0.29, 0.717) is 11.3 Å². The maximum Gasteiger partial charge on any atom is 0.341 e. The van der Waals surface area contributed by atoms with E-state index >= 15 is 0 Å². The van der Waals surface area contributed by atoms with Crippen molar-refractivity contribution >= 4 is 31.8 Å². The highest BCUT2D eigenvalue weighted by Crippen LogP contribution is 2.24. The largest absolute Gasteiger partial charge is 0.467 e. The predicted molar refractivity (Wildman–Crippen MR) is 105 cm³/mol. The highest BCUT2D eigenvalue weighted by atomic mass is 32.2. The number of benzene rings is 2. The van der Waals surface area contributed by atoms with E-state index in [2.05, 4.69) is 4.74 Å². The highest BCUT2D eigenvalue weighted by Gasteiger charge is 2.27. The Morgan fingerprint density at radius 1 is 0.964 bits per heavy atom. The number of rotatable bonds is 8. The van der Waals surface area contributed by atoms with Crippen LogP contribution in [0.3, 0.4) is 0 Å². The fourth-order valence-corrected chi connectivity index (χ4v) is 3.90. The van der Waals surface area contributed by atoms with Gasteiger partial charge in [0, 0.05) is 0 Å². The van der Waals surface area contributed by atoms with Crippen molar-refractivity contribution in [3.05, 3.63) is 65.7 Å². The van der Waals surface area contributed by atoms with Crippen LogP contribution >= 0.6 is 0 Å². The lowest BCUT2D eigenvalue weighted by Crippen LogP contribution is -2.29. The van der Waals surface area contributed by atoms with Gasteiger partial charge < -0.3 is 4.74 Å². The van der Waals surface area contributed by atoms with Gasteiger partial charge in [-0.15, -0.1) is 0 Å². The van der Waals surface area contributed by atoms with Crippen LogP contribution in [0.25, 0.3) is 0 Å². The Morgan fingerprint density at radius 2 is 1.54 bits per heavy atom. The molecule has 0 amide bonds. The minimum absolute atomic E-state index is 0.0684. The number of hydrogen-bond donors (Lipinski definition) is 0. The number of carbonyl (C=O) groups is 1. The van der Waals surface area contributed by atoms with Gasteiger partial charge in [-0.25, -0.2) is 13.2 Å². The molecule has 2 rings (SSSR count). The molecule has 2 aromatic carbocycles. The lowest BCUT2D eigenvalue weighted by atomic mass is 10.1. The Balaban J connectivity index is 2.30. The standard InChI is InChI=1S/C18H21NO7S2/c1-25-18(20)17(26-28(3,23)24)15-11-9-14(10-12-15)13-19(27(2,21)22)16-7-5-4-6-8-16/h4-12,17H,13H2,1-3H3. The molecule has 0 aliphatic carbocycles. The Kier molecular flexibility index (Phi) is 6.81. The van der Waals surface area contributed by atoms with Crippen LogP contribution in [0, 0.1) is 0 Å². The smallest absolute Gasteiger partial charge is 0.341 e. The molecule has 1 atom stereocenters. The fraction of sp³-hybridized carbons (Fsp3) is 0.278. The summed E-state index contributed by atoms with van der Waals surface area (Å²) in [6, 6.07) is 14.8. The van der Waals surface area contributed by atoms with Gasteiger partial charge in [0.25, 0.3) is 10.1 Å². The van der Waals surface area contributed by atoms with Crippen molar-refractivity contribution in [3.63, 3.8) is 0 Å². The molecule has 0 heterocycles. The third-order valence-electron chi connectivity index (χ3n) is 3.74. The van der Waals surface area contributed by atoms with Gasteiger partial charge in [0.1, 0.15) is 0 Å². The van der Waals surface area contributed by atoms with Gasteiger partial charge in [0.2, 0.25) is 10.0 Å². The number of methoxy groups -OCH3 is 1. The van der Waals surface area contributed by atoms with E-state index in [9.17, 15) is 21.6 Å². The van der Waals surface area contributed by atoms with Crippen LogP contribution in [-0.2, 0) is 40.4 Å². The molecule has 1 unspecified atom stereocenters. The molecule has 0 fully saturated rings. The number of para-hydroxylation sites is 1. The Morgan fingerprint density at radius 3 is 2.00 bits per heavy atom. The zero-order valence-electron chi connectivity index (χ0n) is 15.6. The normalized spacial score (nSPS) is 13.0. The predicted octanol–water partition coefficient (Wildman–Crippen LogP) is 1.84. The molecule has 10 heteroatoms. The topological polar surface area (TPSA) is 107 Å². The van der Waals surface area contributed by atoms with Crippen LogP contribution in [0.1, 0.15) is 17.2 Å². The van der Waals surface area contributed by atoms with Crippen molar-refractivity contribution in [1.82, 2.24) is 0 Å². The van der Waals surface area contributed by atoms with Crippen molar-refractivity contribution in [1.29, 1.82) is 0 Å². The summed E-state index contributed by atoms with van der Waals surface area (Å²) in [5, 5.41) is 0. The minimum Gasteiger partial charge on any atom is -0.467 e. The lowest BCUT2D eigenvalue weighted by Gasteiger charge is -2.23. The average Bonchev–Trinajstić information content (AvgIpc) is 2.63. The number of esters is 1. The molecule has 0 saturated carbocycles. The van der Waals surface area contributed by atoms with Crippen molar-refractivity contribution in [2.45, 2.75) is 12.6 Å². The van der Waals surface area contributed by atoms with Crippen LogP contribution in [0.15, 0.2) is 54.6 Å². The second-order valence-corrected chi connectivity index (χ2v) is 9.56. The second kappa shape index (κ2) is 8.72. The Labute approximate surface area is 164 Å². The van der Waals surface area contributed by atoms with Crippen LogP contribution in [0.4, 0.5) is 5.69 Å². The Hall–Kier alpha value is -2.43. The average molecular weight is 428 g/mol. The van der Waals surface area contributed by atoms with E-state index in [4.69, 9.17) is 4.18 Å². The molecule has 152 valence electrons. The summed E-state index contributed by atoms with van der Waals surface area (Å²) in [7, 11) is -6.30. The quantitative estimate of drug-likeness (QED) is 0.467. The summed E-state index contributed by atoms with van der Waals surface area (Å²) in [6.07, 6.45) is 0.511. The molecular weight excluding hydrogens is 406 g/mol. The molecule has 28 heavy (non-hydrogen) atoms. The zero-order chi connectivity index (χ0) is 20.9. The maximum atomic E-state index is 12.2. The highest BCUT2D eigenvalue weighted by molar-refractivity contribution is 7.92. The monoisotopic (exact) mass is 427 g/mol. The van der Waals surface area contributed by atoms with Crippen molar-refractivity contribution in [3.8, 4) is 0 Å². The summed E-state index contributed by atoms with van der Waals surface area (Å²) >= 11 is 0. The van der Waals surface area contributed by atoms with Gasteiger partial charge in [-0.1, -0.05) is 42.5 Å².